The second-order valence-electron chi connectivity index (χ2n) is 2.94. The number of furan rings is 1. The Balaban J connectivity index is 2.71. The Labute approximate surface area is 84.4 Å². The minimum absolute atomic E-state index is 0.329. The van der Waals surface area contributed by atoms with Crippen molar-refractivity contribution >= 4 is 22.5 Å². The number of ether oxygens (including phenoxy) is 1. The summed E-state index contributed by atoms with van der Waals surface area (Å²) in [5.41, 5.74) is 6.45. The molecule has 0 saturated carbocycles. The minimum atomic E-state index is -0.605. The van der Waals surface area contributed by atoms with Crippen molar-refractivity contribution in [1.29, 1.82) is 0 Å². The van der Waals surface area contributed by atoms with Gasteiger partial charge in [-0.05, 0) is 12.1 Å². The molecule has 0 aliphatic carbocycles. The number of nitrogens with zero attached hydrogens (tertiary/aromatic N) is 1. The van der Waals surface area contributed by atoms with Crippen LogP contribution in [-0.2, 0) is 0 Å². The summed E-state index contributed by atoms with van der Waals surface area (Å²) in [5.74, 6) is 0.142. The number of rotatable bonds is 2. The van der Waals surface area contributed by atoms with Crippen molar-refractivity contribution in [3.8, 4) is 5.75 Å². The Morgan fingerprint density at radius 2 is 2.27 bits per heavy atom. The van der Waals surface area contributed by atoms with Gasteiger partial charge in [0.1, 0.15) is 16.3 Å². The number of nitrogens with two attached hydrogens (primary N) is 1. The van der Waals surface area contributed by atoms with Gasteiger partial charge in [-0.2, -0.15) is 0 Å². The first-order valence-electron chi connectivity index (χ1n) is 4.14. The van der Waals surface area contributed by atoms with E-state index >= 15 is 0 Å². The summed E-state index contributed by atoms with van der Waals surface area (Å²) in [6, 6.07) is 4.47. The van der Waals surface area contributed by atoms with Crippen molar-refractivity contribution in [1.82, 2.24) is 0 Å². The van der Waals surface area contributed by atoms with Crippen molar-refractivity contribution < 1.29 is 14.1 Å². The van der Waals surface area contributed by atoms with E-state index in [1.54, 1.807) is 12.1 Å². The Bertz CT molecular complexity index is 532. The molecular weight excluding hydrogens is 200 g/mol. The number of benzene rings is 1. The molecule has 1 aromatic heterocycles. The molecule has 0 saturated heterocycles. The maximum absolute atomic E-state index is 10.5. The molecule has 2 N–H and O–H groups in total. The Morgan fingerprint density at radius 3 is 2.87 bits per heavy atom. The number of anilines is 1. The molecule has 0 amide bonds. The number of nitrogen functional groups attached to an aromatic ring is 1. The van der Waals surface area contributed by atoms with Crippen LogP contribution in [0.25, 0.3) is 11.0 Å². The van der Waals surface area contributed by atoms with Gasteiger partial charge in [0.15, 0.2) is 0 Å². The van der Waals surface area contributed by atoms with Crippen molar-refractivity contribution in [2.75, 3.05) is 12.8 Å². The van der Waals surface area contributed by atoms with Crippen LogP contribution in [0.1, 0.15) is 0 Å². The van der Waals surface area contributed by atoms with Crippen LogP contribution in [0.3, 0.4) is 0 Å². The predicted octanol–water partition coefficient (Wildman–Crippen LogP) is 1.93. The van der Waals surface area contributed by atoms with E-state index in [0.717, 1.165) is 0 Å². The summed E-state index contributed by atoms with van der Waals surface area (Å²) >= 11 is 0. The zero-order valence-corrected chi connectivity index (χ0v) is 7.89. The highest BCUT2D eigenvalue weighted by Crippen LogP contribution is 2.34. The standard InChI is InChI=1S/C9H8N2O4/c1-14-7-3-2-6-5(9(7)10)4-8(15-6)11(12)13/h2-4H,10H2,1H3. The molecule has 0 radical (unpaired) electrons. The fourth-order valence-electron chi connectivity index (χ4n) is 1.37. The number of hydrogen-bond donors (Lipinski definition) is 1. The largest absolute Gasteiger partial charge is 0.495 e. The molecule has 2 rings (SSSR count). The molecule has 6 nitrogen and oxygen atoms in total. The Morgan fingerprint density at radius 1 is 1.53 bits per heavy atom. The van der Waals surface area contributed by atoms with Crippen LogP contribution in [0.15, 0.2) is 22.6 Å². The lowest BCUT2D eigenvalue weighted by Crippen LogP contribution is -1.91. The third kappa shape index (κ3) is 1.35. The normalized spacial score (nSPS) is 10.5. The SMILES string of the molecule is COc1ccc2oc([N+](=O)[O-])cc2c1N. The Hall–Kier alpha value is -2.24. The maximum Gasteiger partial charge on any atom is 0.434 e. The summed E-state index contributed by atoms with van der Waals surface area (Å²) in [6.07, 6.45) is 0. The van der Waals surface area contributed by atoms with E-state index in [9.17, 15) is 10.1 Å². The molecule has 15 heavy (non-hydrogen) atoms. The summed E-state index contributed by atoms with van der Waals surface area (Å²) in [5, 5.41) is 11.0. The van der Waals surface area contributed by atoms with E-state index in [0.29, 0.717) is 22.4 Å². The van der Waals surface area contributed by atoms with E-state index in [1.807, 2.05) is 0 Å². The highest BCUT2D eigenvalue weighted by Gasteiger charge is 2.16. The van der Waals surface area contributed by atoms with Gasteiger partial charge in [-0.3, -0.25) is 10.1 Å². The maximum atomic E-state index is 10.5. The fraction of sp³-hybridized carbons (Fsp3) is 0.111. The lowest BCUT2D eigenvalue weighted by atomic mass is 10.2. The summed E-state index contributed by atoms with van der Waals surface area (Å²) in [7, 11) is 1.48. The highest BCUT2D eigenvalue weighted by atomic mass is 16.6. The molecule has 1 heterocycles. The number of nitro groups is 1. The first kappa shape index (κ1) is 9.32. The quantitative estimate of drug-likeness (QED) is 0.462. The second-order valence-corrected chi connectivity index (χ2v) is 2.94. The van der Waals surface area contributed by atoms with Crippen LogP contribution in [0.4, 0.5) is 11.6 Å². The second kappa shape index (κ2) is 3.16. The topological polar surface area (TPSA) is 91.5 Å². The average Bonchev–Trinajstić information content (AvgIpc) is 2.63. The van der Waals surface area contributed by atoms with Crippen molar-refractivity contribution in [2.45, 2.75) is 0 Å². The van der Waals surface area contributed by atoms with Crippen LogP contribution in [0.2, 0.25) is 0 Å². The minimum Gasteiger partial charge on any atom is -0.495 e. The van der Waals surface area contributed by atoms with Crippen molar-refractivity contribution in [2.24, 2.45) is 0 Å². The third-order valence-corrected chi connectivity index (χ3v) is 2.09. The molecule has 0 spiro atoms. The summed E-state index contributed by atoms with van der Waals surface area (Å²) in [4.78, 5) is 9.87. The van der Waals surface area contributed by atoms with E-state index < -0.39 is 4.92 Å². The summed E-state index contributed by atoms with van der Waals surface area (Å²) in [6.45, 7) is 0. The van der Waals surface area contributed by atoms with Crippen LogP contribution in [0.5, 0.6) is 5.75 Å². The van der Waals surface area contributed by atoms with Gasteiger partial charge in [0.25, 0.3) is 0 Å². The van der Waals surface area contributed by atoms with Crippen LogP contribution in [-0.4, -0.2) is 12.0 Å². The van der Waals surface area contributed by atoms with Crippen LogP contribution in [0, 0.1) is 10.1 Å². The van der Waals surface area contributed by atoms with Crippen LogP contribution >= 0.6 is 0 Å². The van der Waals surface area contributed by atoms with Gasteiger partial charge in [-0.25, -0.2) is 0 Å². The first-order valence-corrected chi connectivity index (χ1v) is 4.14. The van der Waals surface area contributed by atoms with Crippen molar-refractivity contribution in [3.63, 3.8) is 0 Å². The molecule has 6 heteroatoms. The third-order valence-electron chi connectivity index (χ3n) is 2.09. The lowest BCUT2D eigenvalue weighted by molar-refractivity contribution is -0.401. The molecule has 78 valence electrons. The van der Waals surface area contributed by atoms with E-state index in [2.05, 4.69) is 0 Å². The molecule has 0 bridgehead atoms. The molecule has 0 unspecified atom stereocenters. The molecular formula is C9H8N2O4. The van der Waals surface area contributed by atoms with Gasteiger partial charge in [-0.1, -0.05) is 0 Å². The fourth-order valence-corrected chi connectivity index (χ4v) is 1.37. The molecule has 1 aromatic carbocycles. The van der Waals surface area contributed by atoms with Gasteiger partial charge >= 0.3 is 5.88 Å². The molecule has 0 atom stereocenters. The first-order chi connectivity index (χ1) is 7.13. The molecule has 2 aromatic rings. The van der Waals surface area contributed by atoms with Gasteiger partial charge in [0.05, 0.1) is 24.2 Å². The Kier molecular flexibility index (Phi) is 1.96. The van der Waals surface area contributed by atoms with Crippen molar-refractivity contribution in [3.05, 3.63) is 28.3 Å². The molecule has 0 aliphatic heterocycles. The molecule has 0 aliphatic rings. The zero-order chi connectivity index (χ0) is 11.0. The zero-order valence-electron chi connectivity index (χ0n) is 7.89. The monoisotopic (exact) mass is 208 g/mol. The van der Waals surface area contributed by atoms with Gasteiger partial charge < -0.3 is 14.9 Å². The molecule has 0 fully saturated rings. The highest BCUT2D eigenvalue weighted by molar-refractivity contribution is 5.94. The average molecular weight is 208 g/mol. The summed E-state index contributed by atoms with van der Waals surface area (Å²) < 4.78 is 9.96. The van der Waals surface area contributed by atoms with Gasteiger partial charge in [0, 0.05) is 0 Å². The van der Waals surface area contributed by atoms with E-state index in [1.165, 1.54) is 13.2 Å². The predicted molar refractivity (Wildman–Crippen MR) is 53.8 cm³/mol. The smallest absolute Gasteiger partial charge is 0.434 e. The lowest BCUT2D eigenvalue weighted by Gasteiger charge is -2.02. The number of methoxy groups -OCH3 is 1. The van der Waals surface area contributed by atoms with Crippen LogP contribution < -0.4 is 10.5 Å². The van der Waals surface area contributed by atoms with Gasteiger partial charge in [0.2, 0.25) is 0 Å². The van der Waals surface area contributed by atoms with E-state index in [4.69, 9.17) is 14.9 Å². The van der Waals surface area contributed by atoms with E-state index in [-0.39, 0.29) is 5.88 Å². The van der Waals surface area contributed by atoms with Gasteiger partial charge in [-0.15, -0.1) is 0 Å². The number of fused-ring (bicyclic) bond motifs is 1. The number of hydrogen-bond acceptors (Lipinski definition) is 5.